The number of aromatic nitrogens is 2. The minimum Gasteiger partial charge on any atom is -0.444 e. The van der Waals surface area contributed by atoms with E-state index >= 15 is 0 Å². The number of aromatic amines is 1. The van der Waals surface area contributed by atoms with Gasteiger partial charge in [-0.05, 0) is 35.0 Å². The zero-order valence-corrected chi connectivity index (χ0v) is 14.6. The zero-order chi connectivity index (χ0) is 16.8. The number of ether oxygens (including phenoxy) is 1. The molecule has 0 saturated carbocycles. The van der Waals surface area contributed by atoms with E-state index in [1.165, 1.54) is 17.8 Å². The summed E-state index contributed by atoms with van der Waals surface area (Å²) in [6, 6.07) is 3.04. The Balaban J connectivity index is 2.08. The Morgan fingerprint density at radius 1 is 1.57 bits per heavy atom. The summed E-state index contributed by atoms with van der Waals surface area (Å²) in [6.07, 6.45) is 0. The molecule has 0 atom stereocenters. The highest BCUT2D eigenvalue weighted by molar-refractivity contribution is 9.10. The number of halogens is 1. The predicted molar refractivity (Wildman–Crippen MR) is 90.8 cm³/mol. The molecular weight excluding hydrogens is 388 g/mol. The van der Waals surface area contributed by atoms with Crippen molar-refractivity contribution in [3.8, 4) is 0 Å². The Hall–Kier alpha value is -1.78. The SMILES string of the molecule is CCOCCSc1nc(N)c(NC(=O)c2ccc(Br)o2)c(=O)[nH]1. The van der Waals surface area contributed by atoms with Gasteiger partial charge in [-0.1, -0.05) is 11.8 Å². The number of hydrogen-bond acceptors (Lipinski definition) is 7. The lowest BCUT2D eigenvalue weighted by Crippen LogP contribution is -2.22. The maximum atomic E-state index is 12.0. The van der Waals surface area contributed by atoms with Crippen LogP contribution in [0.15, 0.2) is 31.2 Å². The van der Waals surface area contributed by atoms with Gasteiger partial charge in [-0.25, -0.2) is 4.98 Å². The summed E-state index contributed by atoms with van der Waals surface area (Å²) in [6.45, 7) is 3.06. The van der Waals surface area contributed by atoms with Crippen molar-refractivity contribution in [1.82, 2.24) is 9.97 Å². The van der Waals surface area contributed by atoms with Crippen molar-refractivity contribution in [2.24, 2.45) is 0 Å². The maximum Gasteiger partial charge on any atom is 0.291 e. The fourth-order valence-electron chi connectivity index (χ4n) is 1.61. The number of hydrogen-bond donors (Lipinski definition) is 3. The highest BCUT2D eigenvalue weighted by atomic mass is 79.9. The van der Waals surface area contributed by atoms with Gasteiger partial charge in [0.25, 0.3) is 11.5 Å². The normalized spacial score (nSPS) is 10.7. The molecule has 2 heterocycles. The van der Waals surface area contributed by atoms with E-state index in [-0.39, 0.29) is 17.3 Å². The van der Waals surface area contributed by atoms with Crippen LogP contribution in [0.3, 0.4) is 0 Å². The lowest BCUT2D eigenvalue weighted by atomic mass is 10.4. The van der Waals surface area contributed by atoms with Gasteiger partial charge in [0.05, 0.1) is 6.61 Å². The van der Waals surface area contributed by atoms with E-state index in [9.17, 15) is 9.59 Å². The third-order valence-corrected chi connectivity index (χ3v) is 3.90. The Labute approximate surface area is 144 Å². The molecule has 0 fully saturated rings. The molecule has 0 aliphatic carbocycles. The largest absolute Gasteiger partial charge is 0.444 e. The van der Waals surface area contributed by atoms with E-state index in [0.717, 1.165) is 0 Å². The zero-order valence-electron chi connectivity index (χ0n) is 12.2. The fourth-order valence-corrected chi connectivity index (χ4v) is 2.64. The predicted octanol–water partition coefficient (Wildman–Crippen LogP) is 2.09. The molecule has 2 aromatic heterocycles. The monoisotopic (exact) mass is 402 g/mol. The van der Waals surface area contributed by atoms with Crippen LogP contribution in [-0.4, -0.2) is 34.8 Å². The Morgan fingerprint density at radius 2 is 2.35 bits per heavy atom. The molecule has 2 aromatic rings. The van der Waals surface area contributed by atoms with Crippen LogP contribution < -0.4 is 16.6 Å². The number of thioether (sulfide) groups is 1. The molecule has 124 valence electrons. The van der Waals surface area contributed by atoms with Crippen molar-refractivity contribution in [3.05, 3.63) is 32.9 Å². The molecular formula is C13H15BrN4O4S. The Kier molecular flexibility index (Phi) is 6.25. The van der Waals surface area contributed by atoms with Crippen molar-refractivity contribution >= 4 is 45.1 Å². The molecule has 0 radical (unpaired) electrons. The smallest absolute Gasteiger partial charge is 0.291 e. The van der Waals surface area contributed by atoms with Crippen molar-refractivity contribution in [1.29, 1.82) is 0 Å². The van der Waals surface area contributed by atoms with Crippen LogP contribution in [0.25, 0.3) is 0 Å². The van der Waals surface area contributed by atoms with Crippen LogP contribution in [0.2, 0.25) is 0 Å². The van der Waals surface area contributed by atoms with Gasteiger partial charge < -0.3 is 20.2 Å². The van der Waals surface area contributed by atoms with Crippen LogP contribution >= 0.6 is 27.7 Å². The number of nitrogens with zero attached hydrogens (tertiary/aromatic N) is 1. The first-order valence-corrected chi connectivity index (χ1v) is 8.46. The lowest BCUT2D eigenvalue weighted by molar-refractivity contribution is 0.0995. The van der Waals surface area contributed by atoms with Crippen molar-refractivity contribution < 1.29 is 13.9 Å². The number of nitrogens with two attached hydrogens (primary N) is 1. The Morgan fingerprint density at radius 3 is 2.96 bits per heavy atom. The van der Waals surface area contributed by atoms with E-state index in [1.807, 2.05) is 6.92 Å². The molecule has 8 nitrogen and oxygen atoms in total. The first-order valence-electron chi connectivity index (χ1n) is 6.68. The molecule has 0 aliphatic rings. The maximum absolute atomic E-state index is 12.0. The summed E-state index contributed by atoms with van der Waals surface area (Å²) in [5.74, 6) is 0.0198. The third kappa shape index (κ3) is 4.85. The van der Waals surface area contributed by atoms with Gasteiger partial charge in [-0.15, -0.1) is 0 Å². The second-order valence-electron chi connectivity index (χ2n) is 4.23. The average molecular weight is 403 g/mol. The topological polar surface area (TPSA) is 123 Å². The fraction of sp³-hybridized carbons (Fsp3) is 0.308. The number of nitrogen functional groups attached to an aromatic ring is 1. The number of carbonyl (C=O) groups excluding carboxylic acids is 1. The van der Waals surface area contributed by atoms with E-state index in [4.69, 9.17) is 14.9 Å². The number of amides is 1. The standard InChI is InChI=1S/C13H15BrN4O4S/c1-2-21-5-6-23-13-17-10(15)9(12(20)18-13)16-11(19)7-3-4-8(14)22-7/h3-4H,2,5-6H2,1H3,(H,16,19)(H3,15,17,18,20). The first kappa shape index (κ1) is 17.6. The van der Waals surface area contributed by atoms with Crippen LogP contribution in [0.4, 0.5) is 11.5 Å². The molecule has 2 rings (SSSR count). The lowest BCUT2D eigenvalue weighted by Gasteiger charge is -2.07. The minimum atomic E-state index is -0.591. The molecule has 0 unspecified atom stereocenters. The van der Waals surface area contributed by atoms with E-state index in [0.29, 0.717) is 28.8 Å². The molecule has 23 heavy (non-hydrogen) atoms. The molecule has 4 N–H and O–H groups in total. The van der Waals surface area contributed by atoms with Crippen molar-refractivity contribution in [2.45, 2.75) is 12.1 Å². The summed E-state index contributed by atoms with van der Waals surface area (Å²) in [4.78, 5) is 30.6. The van der Waals surface area contributed by atoms with Gasteiger partial charge in [0.15, 0.2) is 27.1 Å². The van der Waals surface area contributed by atoms with E-state index in [2.05, 4.69) is 31.2 Å². The van der Waals surface area contributed by atoms with Gasteiger partial charge in [0, 0.05) is 12.4 Å². The number of anilines is 2. The van der Waals surface area contributed by atoms with Crippen LogP contribution in [0, 0.1) is 0 Å². The number of carbonyl (C=O) groups is 1. The number of furan rings is 1. The summed E-state index contributed by atoms with van der Waals surface area (Å²) in [5.41, 5.74) is 5.11. The Bertz CT molecular complexity index is 746. The van der Waals surface area contributed by atoms with Crippen LogP contribution in [0.5, 0.6) is 0 Å². The first-order chi connectivity index (χ1) is 11.0. The molecule has 0 aromatic carbocycles. The van der Waals surface area contributed by atoms with Gasteiger partial charge in [-0.3, -0.25) is 14.6 Å². The van der Waals surface area contributed by atoms with Crippen molar-refractivity contribution in [3.63, 3.8) is 0 Å². The molecule has 0 aliphatic heterocycles. The van der Waals surface area contributed by atoms with Gasteiger partial charge in [0.1, 0.15) is 0 Å². The second-order valence-corrected chi connectivity index (χ2v) is 6.10. The van der Waals surface area contributed by atoms with Gasteiger partial charge in [0.2, 0.25) is 0 Å². The third-order valence-electron chi connectivity index (χ3n) is 2.63. The van der Waals surface area contributed by atoms with E-state index < -0.39 is 11.5 Å². The van der Waals surface area contributed by atoms with Gasteiger partial charge >= 0.3 is 0 Å². The van der Waals surface area contributed by atoms with Crippen LogP contribution in [-0.2, 0) is 4.74 Å². The number of nitrogens with one attached hydrogen (secondary N) is 2. The van der Waals surface area contributed by atoms with Crippen molar-refractivity contribution in [2.75, 3.05) is 30.0 Å². The minimum absolute atomic E-state index is 0.0471. The molecule has 10 heteroatoms. The summed E-state index contributed by atoms with van der Waals surface area (Å²) < 4.78 is 10.7. The molecule has 0 spiro atoms. The van der Waals surface area contributed by atoms with Gasteiger partial charge in [-0.2, -0.15) is 0 Å². The number of rotatable bonds is 7. The quantitative estimate of drug-likeness (QED) is 0.367. The highest BCUT2D eigenvalue weighted by Gasteiger charge is 2.16. The summed E-state index contributed by atoms with van der Waals surface area (Å²) in [5, 5.41) is 2.76. The second kappa shape index (κ2) is 8.18. The molecule has 1 amide bonds. The highest BCUT2D eigenvalue weighted by Crippen LogP contribution is 2.18. The summed E-state index contributed by atoms with van der Waals surface area (Å²) in [7, 11) is 0. The summed E-state index contributed by atoms with van der Waals surface area (Å²) >= 11 is 4.40. The van der Waals surface area contributed by atoms with Crippen LogP contribution in [0.1, 0.15) is 17.5 Å². The molecule has 0 bridgehead atoms. The average Bonchev–Trinajstić information content (AvgIpc) is 2.94. The molecule has 0 saturated heterocycles. The van der Waals surface area contributed by atoms with E-state index in [1.54, 1.807) is 6.07 Å². The number of H-pyrrole nitrogens is 1.